The highest BCUT2D eigenvalue weighted by atomic mass is 16.3. The van der Waals surface area contributed by atoms with E-state index in [4.69, 9.17) is 14.4 Å². The molecule has 5 heteroatoms. The smallest absolute Gasteiger partial charge is 0.235 e. The second-order valence-electron chi connectivity index (χ2n) is 12.4. The number of rotatable bonds is 2. The van der Waals surface area contributed by atoms with Gasteiger partial charge in [-0.25, -0.2) is 9.97 Å². The molecule has 0 saturated heterocycles. The normalized spacial score (nSPS) is 12.2. The third kappa shape index (κ3) is 3.42. The summed E-state index contributed by atoms with van der Waals surface area (Å²) in [6.45, 7) is 0. The molecule has 4 aromatic heterocycles. The van der Waals surface area contributed by atoms with E-state index in [1.165, 1.54) is 10.8 Å². The zero-order valence-corrected chi connectivity index (χ0v) is 25.6. The summed E-state index contributed by atoms with van der Waals surface area (Å²) >= 11 is 0. The van der Waals surface area contributed by atoms with E-state index in [1.807, 2.05) is 24.4 Å². The molecular weight excluding hydrogens is 589 g/mol. The van der Waals surface area contributed by atoms with Gasteiger partial charge >= 0.3 is 0 Å². The lowest BCUT2D eigenvalue weighted by Gasteiger charge is -2.16. The van der Waals surface area contributed by atoms with Gasteiger partial charge in [-0.1, -0.05) is 91.0 Å². The molecule has 0 saturated carbocycles. The van der Waals surface area contributed by atoms with E-state index in [1.54, 1.807) is 6.20 Å². The minimum atomic E-state index is 0.615. The number of para-hydroxylation sites is 2. The minimum absolute atomic E-state index is 0.615. The lowest BCUT2D eigenvalue weighted by atomic mass is 9.95. The Morgan fingerprint density at radius 2 is 1.23 bits per heavy atom. The van der Waals surface area contributed by atoms with Crippen molar-refractivity contribution in [2.75, 3.05) is 0 Å². The maximum Gasteiger partial charge on any atom is 0.235 e. The Bertz CT molecular complexity index is 3120. The van der Waals surface area contributed by atoms with Crippen molar-refractivity contribution in [2.24, 2.45) is 0 Å². The van der Waals surface area contributed by atoms with E-state index in [2.05, 4.69) is 125 Å². The van der Waals surface area contributed by atoms with Gasteiger partial charge in [0.1, 0.15) is 11.2 Å². The molecule has 0 N–H and O–H groups in total. The summed E-state index contributed by atoms with van der Waals surface area (Å²) in [7, 11) is 0. The molecule has 0 amide bonds. The molecule has 0 aliphatic heterocycles. The second-order valence-corrected chi connectivity index (χ2v) is 12.4. The number of furan rings is 1. The predicted molar refractivity (Wildman–Crippen MR) is 197 cm³/mol. The monoisotopic (exact) mass is 612 g/mol. The van der Waals surface area contributed by atoms with Crippen molar-refractivity contribution in [3.05, 3.63) is 146 Å². The molecule has 0 aliphatic carbocycles. The van der Waals surface area contributed by atoms with Crippen LogP contribution in [-0.2, 0) is 0 Å². The Hall–Kier alpha value is -6.59. The Kier molecular flexibility index (Phi) is 5.05. The summed E-state index contributed by atoms with van der Waals surface area (Å²) in [4.78, 5) is 15.4. The minimum Gasteiger partial charge on any atom is -0.455 e. The molecule has 222 valence electrons. The van der Waals surface area contributed by atoms with Crippen LogP contribution in [0.5, 0.6) is 0 Å². The van der Waals surface area contributed by atoms with Crippen molar-refractivity contribution in [1.29, 1.82) is 0 Å². The van der Waals surface area contributed by atoms with Crippen LogP contribution in [0.25, 0.3) is 104 Å². The number of aromatic nitrogens is 4. The molecule has 11 aromatic rings. The largest absolute Gasteiger partial charge is 0.455 e. The first kappa shape index (κ1) is 25.6. The van der Waals surface area contributed by atoms with E-state index >= 15 is 0 Å². The van der Waals surface area contributed by atoms with Gasteiger partial charge in [0.2, 0.25) is 5.95 Å². The number of hydrogen-bond donors (Lipinski definition) is 0. The van der Waals surface area contributed by atoms with Crippen molar-refractivity contribution in [3.8, 4) is 17.2 Å². The van der Waals surface area contributed by atoms with Crippen LogP contribution in [0.2, 0.25) is 0 Å². The molecule has 0 atom stereocenters. The molecular formula is C43H24N4O. The fourth-order valence-electron chi connectivity index (χ4n) is 7.76. The number of benzene rings is 7. The van der Waals surface area contributed by atoms with Crippen LogP contribution in [0.3, 0.4) is 0 Å². The van der Waals surface area contributed by atoms with Crippen molar-refractivity contribution < 1.29 is 4.42 Å². The fraction of sp³-hybridized carbons (Fsp3) is 0. The van der Waals surface area contributed by atoms with E-state index in [9.17, 15) is 0 Å². The lowest BCUT2D eigenvalue weighted by molar-refractivity contribution is 0.672. The van der Waals surface area contributed by atoms with Crippen LogP contribution >= 0.6 is 0 Å². The summed E-state index contributed by atoms with van der Waals surface area (Å²) in [6, 6.07) is 46.8. The maximum atomic E-state index is 6.51. The SMILES string of the molecule is c1cncc(-c2nc(-n3c4ccccc4c4cc5ccc6c7ccccc7oc6c5cc43)nc3c4ccccc4c4ccccc4c23)c1. The number of fused-ring (bicyclic) bond motifs is 14. The average Bonchev–Trinajstić information content (AvgIpc) is 3.70. The third-order valence-corrected chi connectivity index (χ3v) is 9.85. The van der Waals surface area contributed by atoms with Gasteiger partial charge in [-0.05, 0) is 64.0 Å². The highest BCUT2D eigenvalue weighted by Gasteiger charge is 2.22. The van der Waals surface area contributed by atoms with Gasteiger partial charge in [-0.2, -0.15) is 0 Å². The van der Waals surface area contributed by atoms with Crippen molar-refractivity contribution in [3.63, 3.8) is 0 Å². The molecule has 4 heterocycles. The molecule has 0 radical (unpaired) electrons. The Labute approximate surface area is 273 Å². The standard InChI is InChI=1S/C43H24N4O/c1-3-15-31-27(11-1)28-12-2-4-16-32(28)41-39(31)40(26-10-9-21-44-24-26)45-43(46-41)47-36-17-7-5-13-29(36)35-22-25-19-20-33-30-14-6-8-18-38(30)48-42(33)34(25)23-37(35)47/h1-24H. The second kappa shape index (κ2) is 9.47. The van der Waals surface area contributed by atoms with Crippen molar-refractivity contribution in [2.45, 2.75) is 0 Å². The highest BCUT2D eigenvalue weighted by Crippen LogP contribution is 2.42. The molecule has 0 fully saturated rings. The van der Waals surface area contributed by atoms with E-state index in [-0.39, 0.29) is 0 Å². The van der Waals surface area contributed by atoms with Gasteiger partial charge in [0.15, 0.2) is 0 Å². The Morgan fingerprint density at radius 3 is 2.06 bits per heavy atom. The topological polar surface area (TPSA) is 56.7 Å². The predicted octanol–water partition coefficient (Wildman–Crippen LogP) is 11.1. The summed E-state index contributed by atoms with van der Waals surface area (Å²) in [5.41, 5.74) is 6.57. The Balaban J connectivity index is 1.33. The van der Waals surface area contributed by atoms with Crippen LogP contribution in [0, 0.1) is 0 Å². The summed E-state index contributed by atoms with van der Waals surface area (Å²) in [6.07, 6.45) is 3.70. The molecule has 0 bridgehead atoms. The van der Waals surface area contributed by atoms with Gasteiger partial charge < -0.3 is 4.42 Å². The highest BCUT2D eigenvalue weighted by molar-refractivity contribution is 6.27. The van der Waals surface area contributed by atoms with E-state index in [0.29, 0.717) is 5.95 Å². The van der Waals surface area contributed by atoms with Crippen LogP contribution in [0.1, 0.15) is 0 Å². The maximum absolute atomic E-state index is 6.51. The fourth-order valence-corrected chi connectivity index (χ4v) is 7.76. The molecule has 0 unspecified atom stereocenters. The third-order valence-electron chi connectivity index (χ3n) is 9.85. The lowest BCUT2D eigenvalue weighted by Crippen LogP contribution is -2.04. The van der Waals surface area contributed by atoms with Crippen molar-refractivity contribution >= 4 is 87.0 Å². The van der Waals surface area contributed by atoms with Gasteiger partial charge in [-0.3, -0.25) is 9.55 Å². The first-order valence-electron chi connectivity index (χ1n) is 16.1. The first-order chi connectivity index (χ1) is 23.8. The van der Waals surface area contributed by atoms with Gasteiger partial charge in [0, 0.05) is 55.7 Å². The van der Waals surface area contributed by atoms with Gasteiger partial charge in [0.05, 0.1) is 22.2 Å². The molecule has 11 rings (SSSR count). The van der Waals surface area contributed by atoms with Crippen LogP contribution in [-0.4, -0.2) is 19.5 Å². The molecule has 48 heavy (non-hydrogen) atoms. The molecule has 0 aliphatic rings. The van der Waals surface area contributed by atoms with E-state index in [0.717, 1.165) is 87.4 Å². The summed E-state index contributed by atoms with van der Waals surface area (Å²) in [5, 5.41) is 12.3. The average molecular weight is 613 g/mol. The zero-order valence-electron chi connectivity index (χ0n) is 25.6. The molecule has 0 spiro atoms. The quantitative estimate of drug-likeness (QED) is 0.182. The van der Waals surface area contributed by atoms with Crippen LogP contribution < -0.4 is 0 Å². The van der Waals surface area contributed by atoms with Crippen LogP contribution in [0.4, 0.5) is 0 Å². The molecule has 7 aromatic carbocycles. The summed E-state index contributed by atoms with van der Waals surface area (Å²) in [5.74, 6) is 0.615. The Morgan fingerprint density at radius 1 is 0.500 bits per heavy atom. The van der Waals surface area contributed by atoms with Crippen molar-refractivity contribution in [1.82, 2.24) is 19.5 Å². The van der Waals surface area contributed by atoms with Gasteiger partial charge in [-0.15, -0.1) is 0 Å². The number of pyridine rings is 1. The number of nitrogens with zero attached hydrogens (tertiary/aromatic N) is 4. The summed E-state index contributed by atoms with van der Waals surface area (Å²) < 4.78 is 8.73. The van der Waals surface area contributed by atoms with E-state index < -0.39 is 0 Å². The zero-order chi connectivity index (χ0) is 31.3. The van der Waals surface area contributed by atoms with Crippen LogP contribution in [0.15, 0.2) is 150 Å². The first-order valence-corrected chi connectivity index (χ1v) is 16.1. The number of hydrogen-bond acceptors (Lipinski definition) is 4. The van der Waals surface area contributed by atoms with Gasteiger partial charge in [0.25, 0.3) is 0 Å². The molecule has 5 nitrogen and oxygen atoms in total.